The Hall–Kier alpha value is -0.560. The van der Waals surface area contributed by atoms with E-state index >= 15 is 0 Å². The summed E-state index contributed by atoms with van der Waals surface area (Å²) in [6, 6.07) is 0. The Bertz CT molecular complexity index is 66.9. The van der Waals surface area contributed by atoms with Crippen LogP contribution in [0.2, 0.25) is 0 Å². The molecule has 0 rings (SSSR count). The second-order valence-electron chi connectivity index (χ2n) is 2.32. The lowest BCUT2D eigenvalue weighted by atomic mass is 10.2. The van der Waals surface area contributed by atoms with Gasteiger partial charge in [0.25, 0.3) is 0 Å². The van der Waals surface area contributed by atoms with E-state index in [1.54, 1.807) is 12.2 Å². The first-order valence-electron chi connectivity index (χ1n) is 4.27. The van der Waals surface area contributed by atoms with Crippen LogP contribution in [-0.2, 0) is 0 Å². The lowest BCUT2D eigenvalue weighted by Crippen LogP contribution is -1.97. The van der Waals surface area contributed by atoms with E-state index in [-0.39, 0.29) is 0 Å². The van der Waals surface area contributed by atoms with Crippen molar-refractivity contribution < 1.29 is 0 Å². The van der Waals surface area contributed by atoms with Crippen LogP contribution in [0.15, 0.2) is 25.3 Å². The van der Waals surface area contributed by atoms with Crippen LogP contribution in [0.3, 0.4) is 0 Å². The first-order chi connectivity index (χ1) is 5.33. The van der Waals surface area contributed by atoms with Crippen LogP contribution < -0.4 is 5.73 Å². The Morgan fingerprint density at radius 2 is 1.64 bits per heavy atom. The van der Waals surface area contributed by atoms with Crippen molar-refractivity contribution in [3.63, 3.8) is 0 Å². The van der Waals surface area contributed by atoms with Gasteiger partial charge in [0.15, 0.2) is 0 Å². The molecule has 0 aliphatic heterocycles. The van der Waals surface area contributed by atoms with E-state index in [1.165, 1.54) is 25.7 Å². The highest BCUT2D eigenvalue weighted by Gasteiger charge is 1.80. The van der Waals surface area contributed by atoms with Crippen LogP contribution in [0, 0.1) is 0 Å². The summed E-state index contributed by atoms with van der Waals surface area (Å²) in [5.74, 6) is 0. The number of rotatable bonds is 5. The van der Waals surface area contributed by atoms with E-state index in [9.17, 15) is 0 Å². The molecule has 2 N–H and O–H groups in total. The molecule has 0 saturated carbocycles. The van der Waals surface area contributed by atoms with Gasteiger partial charge in [-0.2, -0.15) is 0 Å². The van der Waals surface area contributed by atoms with Crippen molar-refractivity contribution in [1.82, 2.24) is 0 Å². The van der Waals surface area contributed by atoms with Gasteiger partial charge < -0.3 is 5.73 Å². The van der Waals surface area contributed by atoms with Crippen molar-refractivity contribution in [3.8, 4) is 0 Å². The molecule has 0 bridgehead atoms. The largest absolute Gasteiger partial charge is 0.330 e. The first kappa shape index (κ1) is 13.1. The van der Waals surface area contributed by atoms with Gasteiger partial charge in [-0.3, -0.25) is 0 Å². The zero-order chi connectivity index (χ0) is 8.95. The van der Waals surface area contributed by atoms with Gasteiger partial charge in [-0.15, -0.1) is 0 Å². The van der Waals surface area contributed by atoms with Gasteiger partial charge >= 0.3 is 0 Å². The van der Waals surface area contributed by atoms with E-state index < -0.39 is 0 Å². The maximum atomic E-state index is 5.27. The molecule has 66 valence electrons. The number of hydrogen-bond acceptors (Lipinski definition) is 1. The average Bonchev–Trinajstić information content (AvgIpc) is 2.06. The van der Waals surface area contributed by atoms with E-state index in [0.717, 1.165) is 6.54 Å². The molecule has 0 aromatic carbocycles. The van der Waals surface area contributed by atoms with Crippen LogP contribution in [-0.4, -0.2) is 6.54 Å². The molecule has 0 aliphatic carbocycles. The SMILES string of the molecule is C=CC=C.CCCCCCN. The third kappa shape index (κ3) is 26.5. The lowest BCUT2D eigenvalue weighted by molar-refractivity contribution is 0.674. The van der Waals surface area contributed by atoms with Crippen molar-refractivity contribution >= 4 is 0 Å². The minimum Gasteiger partial charge on any atom is -0.330 e. The van der Waals surface area contributed by atoms with Crippen LogP contribution >= 0.6 is 0 Å². The number of nitrogens with two attached hydrogens (primary N) is 1. The fourth-order valence-electron chi connectivity index (χ4n) is 0.571. The third-order valence-electron chi connectivity index (χ3n) is 1.22. The number of hydrogen-bond donors (Lipinski definition) is 1. The van der Waals surface area contributed by atoms with Crippen molar-refractivity contribution in [3.05, 3.63) is 25.3 Å². The Kier molecular flexibility index (Phi) is 19.3. The van der Waals surface area contributed by atoms with Crippen molar-refractivity contribution in [1.29, 1.82) is 0 Å². The van der Waals surface area contributed by atoms with Crippen LogP contribution in [0.4, 0.5) is 0 Å². The number of unbranched alkanes of at least 4 members (excludes halogenated alkanes) is 3. The molecule has 0 saturated heterocycles. The molecule has 0 aromatic rings. The van der Waals surface area contributed by atoms with Gasteiger partial charge in [0, 0.05) is 0 Å². The van der Waals surface area contributed by atoms with Crippen molar-refractivity contribution in [2.24, 2.45) is 5.73 Å². The highest BCUT2D eigenvalue weighted by Crippen LogP contribution is 1.95. The maximum absolute atomic E-state index is 5.27. The average molecular weight is 155 g/mol. The summed E-state index contributed by atoms with van der Waals surface area (Å²) in [7, 11) is 0. The van der Waals surface area contributed by atoms with Crippen molar-refractivity contribution in [2.75, 3.05) is 6.54 Å². The smallest absolute Gasteiger partial charge is 0.00773 e. The van der Waals surface area contributed by atoms with Gasteiger partial charge in [-0.1, -0.05) is 51.5 Å². The molecule has 0 unspecified atom stereocenters. The fraction of sp³-hybridized carbons (Fsp3) is 0.600. The quantitative estimate of drug-likeness (QED) is 0.479. The molecule has 0 heterocycles. The van der Waals surface area contributed by atoms with E-state index in [4.69, 9.17) is 5.73 Å². The topological polar surface area (TPSA) is 26.0 Å². The lowest BCUT2D eigenvalue weighted by Gasteiger charge is -1.90. The first-order valence-corrected chi connectivity index (χ1v) is 4.27. The molecule has 11 heavy (non-hydrogen) atoms. The van der Waals surface area contributed by atoms with Gasteiger partial charge in [-0.25, -0.2) is 0 Å². The molecule has 0 fully saturated rings. The molecule has 0 atom stereocenters. The van der Waals surface area contributed by atoms with Gasteiger partial charge in [0.2, 0.25) is 0 Å². The van der Waals surface area contributed by atoms with E-state index in [1.807, 2.05) is 0 Å². The molecule has 0 aromatic heterocycles. The Labute approximate surface area is 71.0 Å². The number of allylic oxidation sites excluding steroid dienone is 2. The molecule has 0 aliphatic rings. The van der Waals surface area contributed by atoms with Crippen LogP contribution in [0.25, 0.3) is 0 Å². The Balaban J connectivity index is 0. The van der Waals surface area contributed by atoms with Crippen molar-refractivity contribution in [2.45, 2.75) is 32.6 Å². The van der Waals surface area contributed by atoms with Crippen LogP contribution in [0.5, 0.6) is 0 Å². The summed E-state index contributed by atoms with van der Waals surface area (Å²) in [4.78, 5) is 0. The molecule has 1 heteroatoms. The molecule has 0 spiro atoms. The molecular weight excluding hydrogens is 134 g/mol. The summed E-state index contributed by atoms with van der Waals surface area (Å²) in [5, 5.41) is 0. The molecule has 0 radical (unpaired) electrons. The summed E-state index contributed by atoms with van der Waals surface area (Å²) < 4.78 is 0. The predicted octanol–water partition coefficient (Wildman–Crippen LogP) is 2.88. The highest BCUT2D eigenvalue weighted by molar-refractivity contribution is 4.88. The maximum Gasteiger partial charge on any atom is -0.00773 e. The summed E-state index contributed by atoms with van der Waals surface area (Å²) in [6.45, 7) is 9.79. The molecular formula is C10H21N. The minimum atomic E-state index is 0.861. The van der Waals surface area contributed by atoms with E-state index in [0.29, 0.717) is 0 Å². The summed E-state index contributed by atoms with van der Waals surface area (Å²) in [6.07, 6.45) is 8.44. The predicted molar refractivity (Wildman–Crippen MR) is 53.6 cm³/mol. The Morgan fingerprint density at radius 3 is 1.91 bits per heavy atom. The fourth-order valence-corrected chi connectivity index (χ4v) is 0.571. The van der Waals surface area contributed by atoms with Gasteiger partial charge in [0.05, 0.1) is 0 Å². The standard InChI is InChI=1S/C6H15N.C4H6/c1-2-3-4-5-6-7;1-3-4-2/h2-7H2,1H3;3-4H,1-2H2. The highest BCUT2D eigenvalue weighted by atomic mass is 14.5. The zero-order valence-electron chi connectivity index (χ0n) is 7.68. The van der Waals surface area contributed by atoms with Gasteiger partial charge in [-0.05, 0) is 13.0 Å². The second kappa shape index (κ2) is 16.2. The minimum absolute atomic E-state index is 0.861. The molecule has 0 amide bonds. The molecule has 1 nitrogen and oxygen atoms in total. The van der Waals surface area contributed by atoms with E-state index in [2.05, 4.69) is 20.1 Å². The second-order valence-corrected chi connectivity index (χ2v) is 2.32. The van der Waals surface area contributed by atoms with Gasteiger partial charge in [0.1, 0.15) is 0 Å². The summed E-state index contributed by atoms with van der Waals surface area (Å²) >= 11 is 0. The summed E-state index contributed by atoms with van der Waals surface area (Å²) in [5.41, 5.74) is 5.27. The zero-order valence-corrected chi connectivity index (χ0v) is 7.68. The van der Waals surface area contributed by atoms with Crippen LogP contribution in [0.1, 0.15) is 32.6 Å². The normalized spacial score (nSPS) is 7.82. The monoisotopic (exact) mass is 155 g/mol. The Morgan fingerprint density at radius 1 is 1.09 bits per heavy atom. The third-order valence-corrected chi connectivity index (χ3v) is 1.22.